The zero-order chi connectivity index (χ0) is 11.7. The lowest BCUT2D eigenvalue weighted by atomic mass is 10.1. The summed E-state index contributed by atoms with van der Waals surface area (Å²) in [5.41, 5.74) is 3.24. The highest BCUT2D eigenvalue weighted by Crippen LogP contribution is 2.25. The minimum absolute atomic E-state index is 0.203. The Hall–Kier alpha value is -2.23. The second-order valence-electron chi connectivity index (χ2n) is 4.06. The Kier molecular flexibility index (Phi) is 2.33. The van der Waals surface area contributed by atoms with Crippen LogP contribution in [0.25, 0.3) is 10.9 Å². The number of hydrogen-bond acceptors (Lipinski definition) is 3. The fraction of sp³-hybridized carbons (Fsp3) is 0.154. The standard InChI is InChI=1S/C13H13N3O/c1-9(10-5-6-17-8-10)15-12-3-2-4-13-11(12)7-14-16-13/h2-9,15H,1H3,(H,14,16). The number of fused-ring (bicyclic) bond motifs is 1. The third-order valence-electron chi connectivity index (χ3n) is 2.90. The van der Waals surface area contributed by atoms with Crippen LogP contribution in [-0.2, 0) is 0 Å². The second kappa shape index (κ2) is 3.97. The van der Waals surface area contributed by atoms with Crippen molar-refractivity contribution in [2.45, 2.75) is 13.0 Å². The van der Waals surface area contributed by atoms with Crippen LogP contribution < -0.4 is 5.32 Å². The molecule has 86 valence electrons. The van der Waals surface area contributed by atoms with Crippen LogP contribution in [0.5, 0.6) is 0 Å². The van der Waals surface area contributed by atoms with Crippen LogP contribution >= 0.6 is 0 Å². The van der Waals surface area contributed by atoms with E-state index in [2.05, 4.69) is 28.5 Å². The number of rotatable bonds is 3. The molecule has 3 aromatic rings. The Morgan fingerprint density at radius 3 is 3.12 bits per heavy atom. The number of anilines is 1. The van der Waals surface area contributed by atoms with Crippen molar-refractivity contribution in [3.8, 4) is 0 Å². The molecular formula is C13H13N3O. The lowest BCUT2D eigenvalue weighted by molar-refractivity contribution is 0.562. The molecular weight excluding hydrogens is 214 g/mol. The summed E-state index contributed by atoms with van der Waals surface area (Å²) in [6.07, 6.45) is 5.28. The van der Waals surface area contributed by atoms with Gasteiger partial charge in [0, 0.05) is 16.6 Å². The van der Waals surface area contributed by atoms with Crippen molar-refractivity contribution in [3.05, 3.63) is 48.6 Å². The van der Waals surface area contributed by atoms with Gasteiger partial charge < -0.3 is 9.73 Å². The summed E-state index contributed by atoms with van der Waals surface area (Å²) < 4.78 is 5.09. The zero-order valence-corrected chi connectivity index (χ0v) is 9.47. The van der Waals surface area contributed by atoms with Crippen molar-refractivity contribution in [1.82, 2.24) is 10.2 Å². The fourth-order valence-electron chi connectivity index (χ4n) is 1.93. The molecule has 0 radical (unpaired) electrons. The molecule has 0 aliphatic rings. The minimum atomic E-state index is 0.203. The van der Waals surface area contributed by atoms with Crippen LogP contribution in [0.15, 0.2) is 47.4 Å². The van der Waals surface area contributed by atoms with E-state index in [1.165, 1.54) is 0 Å². The Bertz CT molecular complexity index is 612. The van der Waals surface area contributed by atoms with Gasteiger partial charge in [-0.05, 0) is 25.1 Å². The summed E-state index contributed by atoms with van der Waals surface area (Å²) in [6.45, 7) is 2.10. The van der Waals surface area contributed by atoms with E-state index in [0.29, 0.717) is 0 Å². The van der Waals surface area contributed by atoms with E-state index in [-0.39, 0.29) is 6.04 Å². The molecule has 4 heteroatoms. The van der Waals surface area contributed by atoms with E-state index in [0.717, 1.165) is 22.2 Å². The Labute approximate surface area is 98.6 Å². The fourth-order valence-corrected chi connectivity index (χ4v) is 1.93. The highest BCUT2D eigenvalue weighted by Gasteiger charge is 2.08. The maximum Gasteiger partial charge on any atom is 0.0955 e. The van der Waals surface area contributed by atoms with Gasteiger partial charge in [0.05, 0.1) is 30.3 Å². The van der Waals surface area contributed by atoms with Gasteiger partial charge in [-0.15, -0.1) is 0 Å². The Morgan fingerprint density at radius 1 is 1.35 bits per heavy atom. The van der Waals surface area contributed by atoms with Crippen LogP contribution in [0, 0.1) is 0 Å². The van der Waals surface area contributed by atoms with Crippen molar-refractivity contribution >= 4 is 16.6 Å². The number of H-pyrrole nitrogens is 1. The van der Waals surface area contributed by atoms with Crippen molar-refractivity contribution in [3.63, 3.8) is 0 Å². The first-order valence-corrected chi connectivity index (χ1v) is 5.55. The second-order valence-corrected chi connectivity index (χ2v) is 4.06. The average molecular weight is 227 g/mol. The Morgan fingerprint density at radius 2 is 2.29 bits per heavy atom. The van der Waals surface area contributed by atoms with Gasteiger partial charge in [-0.3, -0.25) is 5.10 Å². The first-order valence-electron chi connectivity index (χ1n) is 5.55. The van der Waals surface area contributed by atoms with E-state index in [4.69, 9.17) is 4.42 Å². The summed E-state index contributed by atoms with van der Waals surface area (Å²) in [4.78, 5) is 0. The van der Waals surface area contributed by atoms with Gasteiger partial charge >= 0.3 is 0 Å². The van der Waals surface area contributed by atoms with Crippen LogP contribution in [0.3, 0.4) is 0 Å². The number of nitrogens with zero attached hydrogens (tertiary/aromatic N) is 1. The summed E-state index contributed by atoms with van der Waals surface area (Å²) >= 11 is 0. The summed E-state index contributed by atoms with van der Waals surface area (Å²) in [5, 5.41) is 11.6. The molecule has 0 saturated heterocycles. The molecule has 0 fully saturated rings. The Balaban J connectivity index is 1.92. The molecule has 17 heavy (non-hydrogen) atoms. The van der Waals surface area contributed by atoms with E-state index < -0.39 is 0 Å². The maximum absolute atomic E-state index is 5.09. The average Bonchev–Trinajstić information content (AvgIpc) is 3.00. The molecule has 4 nitrogen and oxygen atoms in total. The molecule has 0 amide bonds. The number of benzene rings is 1. The first kappa shape index (κ1) is 9.96. The van der Waals surface area contributed by atoms with Crippen molar-refractivity contribution in [1.29, 1.82) is 0 Å². The number of aromatic nitrogens is 2. The molecule has 1 atom stereocenters. The molecule has 0 saturated carbocycles. The smallest absolute Gasteiger partial charge is 0.0955 e. The zero-order valence-electron chi connectivity index (χ0n) is 9.47. The van der Waals surface area contributed by atoms with Crippen molar-refractivity contribution < 1.29 is 4.42 Å². The highest BCUT2D eigenvalue weighted by atomic mass is 16.3. The van der Waals surface area contributed by atoms with Gasteiger partial charge in [-0.1, -0.05) is 6.07 Å². The third kappa shape index (κ3) is 1.78. The lowest BCUT2D eigenvalue weighted by Gasteiger charge is -2.14. The predicted molar refractivity (Wildman–Crippen MR) is 66.8 cm³/mol. The van der Waals surface area contributed by atoms with Gasteiger partial charge in [-0.2, -0.15) is 5.10 Å². The van der Waals surface area contributed by atoms with Gasteiger partial charge in [0.25, 0.3) is 0 Å². The summed E-state index contributed by atoms with van der Waals surface area (Å²) in [7, 11) is 0. The number of aromatic amines is 1. The molecule has 0 spiro atoms. The summed E-state index contributed by atoms with van der Waals surface area (Å²) in [5.74, 6) is 0. The van der Waals surface area contributed by atoms with Gasteiger partial charge in [0.15, 0.2) is 0 Å². The van der Waals surface area contributed by atoms with E-state index in [1.807, 2.05) is 24.4 Å². The largest absolute Gasteiger partial charge is 0.472 e. The lowest BCUT2D eigenvalue weighted by Crippen LogP contribution is -2.05. The SMILES string of the molecule is CC(Nc1cccc2[nH]ncc12)c1ccoc1. The molecule has 2 N–H and O–H groups in total. The van der Waals surface area contributed by atoms with Gasteiger partial charge in [0.2, 0.25) is 0 Å². The van der Waals surface area contributed by atoms with Crippen molar-refractivity contribution in [2.75, 3.05) is 5.32 Å². The monoisotopic (exact) mass is 227 g/mol. The minimum Gasteiger partial charge on any atom is -0.472 e. The third-order valence-corrected chi connectivity index (χ3v) is 2.90. The number of furan rings is 1. The van der Waals surface area contributed by atoms with Gasteiger partial charge in [0.1, 0.15) is 0 Å². The van der Waals surface area contributed by atoms with Crippen LogP contribution in [0.1, 0.15) is 18.5 Å². The topological polar surface area (TPSA) is 53.9 Å². The van der Waals surface area contributed by atoms with Crippen LogP contribution in [-0.4, -0.2) is 10.2 Å². The van der Waals surface area contributed by atoms with Crippen molar-refractivity contribution in [2.24, 2.45) is 0 Å². The molecule has 1 aromatic carbocycles. The number of nitrogens with one attached hydrogen (secondary N) is 2. The number of hydrogen-bond donors (Lipinski definition) is 2. The molecule has 2 aromatic heterocycles. The van der Waals surface area contributed by atoms with E-state index in [1.54, 1.807) is 12.5 Å². The highest BCUT2D eigenvalue weighted by molar-refractivity contribution is 5.90. The van der Waals surface area contributed by atoms with Crippen LogP contribution in [0.2, 0.25) is 0 Å². The molecule has 2 heterocycles. The first-order chi connectivity index (χ1) is 8.34. The molecule has 1 unspecified atom stereocenters. The van der Waals surface area contributed by atoms with Crippen LogP contribution in [0.4, 0.5) is 5.69 Å². The maximum atomic E-state index is 5.09. The molecule has 0 aliphatic carbocycles. The summed E-state index contributed by atoms with van der Waals surface area (Å²) in [6, 6.07) is 8.23. The molecule has 3 rings (SSSR count). The normalized spacial score (nSPS) is 12.8. The van der Waals surface area contributed by atoms with Gasteiger partial charge in [-0.25, -0.2) is 0 Å². The van der Waals surface area contributed by atoms with E-state index in [9.17, 15) is 0 Å². The quantitative estimate of drug-likeness (QED) is 0.721. The predicted octanol–water partition coefficient (Wildman–Crippen LogP) is 3.33. The van der Waals surface area contributed by atoms with E-state index >= 15 is 0 Å². The molecule has 0 aliphatic heterocycles. The molecule has 0 bridgehead atoms.